The maximum Gasteiger partial charge on any atom is 0.0366 e. The fourth-order valence-electron chi connectivity index (χ4n) is 2.76. The number of anilines is 1. The van der Waals surface area contributed by atoms with E-state index < -0.39 is 0 Å². The van der Waals surface area contributed by atoms with Crippen molar-refractivity contribution < 1.29 is 0 Å². The lowest BCUT2D eigenvalue weighted by Crippen LogP contribution is -2.42. The van der Waals surface area contributed by atoms with Crippen LogP contribution in [0.5, 0.6) is 0 Å². The van der Waals surface area contributed by atoms with Crippen LogP contribution in [-0.2, 0) is 6.54 Å². The first-order valence-electron chi connectivity index (χ1n) is 8.10. The summed E-state index contributed by atoms with van der Waals surface area (Å²) in [6.07, 6.45) is 2.54. The van der Waals surface area contributed by atoms with E-state index in [1.807, 2.05) is 0 Å². The van der Waals surface area contributed by atoms with Crippen LogP contribution in [0.1, 0.15) is 32.3 Å². The van der Waals surface area contributed by atoms with E-state index in [1.165, 1.54) is 43.7 Å². The third-order valence-electron chi connectivity index (χ3n) is 4.08. The van der Waals surface area contributed by atoms with Crippen molar-refractivity contribution in [2.75, 3.05) is 44.2 Å². The van der Waals surface area contributed by atoms with E-state index in [9.17, 15) is 0 Å². The Hall–Kier alpha value is -1.06. The molecule has 0 spiro atoms. The van der Waals surface area contributed by atoms with E-state index in [0.717, 1.165) is 26.2 Å². The molecule has 0 amide bonds. The van der Waals surface area contributed by atoms with Crippen LogP contribution in [0.25, 0.3) is 0 Å². The van der Waals surface area contributed by atoms with E-state index in [2.05, 4.69) is 53.2 Å². The van der Waals surface area contributed by atoms with Crippen molar-refractivity contribution in [3.05, 3.63) is 29.8 Å². The lowest BCUT2D eigenvalue weighted by Gasteiger charge is -2.27. The van der Waals surface area contributed by atoms with Crippen molar-refractivity contribution in [1.29, 1.82) is 0 Å². The molecule has 1 N–H and O–H groups in total. The Morgan fingerprint density at radius 2 is 1.80 bits per heavy atom. The van der Waals surface area contributed by atoms with E-state index in [-0.39, 0.29) is 0 Å². The molecular formula is C17H29N3. The molecule has 1 heterocycles. The SMILES string of the molecule is CCCCN(CC)c1ccc(CN2CCNCC2)cc1. The second-order valence-electron chi connectivity index (χ2n) is 5.63. The van der Waals surface area contributed by atoms with Crippen LogP contribution in [-0.4, -0.2) is 44.2 Å². The predicted octanol–water partition coefficient (Wildman–Crippen LogP) is 2.72. The van der Waals surface area contributed by atoms with Gasteiger partial charge in [-0.25, -0.2) is 0 Å². The van der Waals surface area contributed by atoms with Crippen molar-refractivity contribution in [2.45, 2.75) is 33.2 Å². The van der Waals surface area contributed by atoms with E-state index in [1.54, 1.807) is 0 Å². The van der Waals surface area contributed by atoms with Crippen molar-refractivity contribution in [3.8, 4) is 0 Å². The van der Waals surface area contributed by atoms with Gasteiger partial charge in [-0.3, -0.25) is 4.90 Å². The van der Waals surface area contributed by atoms with Gasteiger partial charge in [0.2, 0.25) is 0 Å². The van der Waals surface area contributed by atoms with Crippen LogP contribution in [0.3, 0.4) is 0 Å². The molecule has 0 radical (unpaired) electrons. The number of hydrogen-bond acceptors (Lipinski definition) is 3. The van der Waals surface area contributed by atoms with Gasteiger partial charge in [0, 0.05) is 51.5 Å². The third kappa shape index (κ3) is 4.50. The molecule has 1 aliphatic heterocycles. The zero-order valence-corrected chi connectivity index (χ0v) is 13.1. The maximum absolute atomic E-state index is 3.40. The minimum Gasteiger partial charge on any atom is -0.372 e. The largest absolute Gasteiger partial charge is 0.372 e. The van der Waals surface area contributed by atoms with Crippen LogP contribution in [0.15, 0.2) is 24.3 Å². The summed E-state index contributed by atoms with van der Waals surface area (Å²) < 4.78 is 0. The number of unbranched alkanes of at least 4 members (excludes halogenated alkanes) is 1. The van der Waals surface area contributed by atoms with E-state index in [4.69, 9.17) is 0 Å². The Morgan fingerprint density at radius 1 is 1.10 bits per heavy atom. The molecule has 0 aromatic heterocycles. The number of hydrogen-bond donors (Lipinski definition) is 1. The molecule has 3 heteroatoms. The fourth-order valence-corrected chi connectivity index (χ4v) is 2.76. The summed E-state index contributed by atoms with van der Waals surface area (Å²) >= 11 is 0. The highest BCUT2D eigenvalue weighted by Gasteiger charge is 2.10. The topological polar surface area (TPSA) is 18.5 Å². The Morgan fingerprint density at radius 3 is 2.40 bits per heavy atom. The molecule has 0 unspecified atom stereocenters. The quantitative estimate of drug-likeness (QED) is 0.825. The van der Waals surface area contributed by atoms with Crippen LogP contribution in [0.2, 0.25) is 0 Å². The van der Waals surface area contributed by atoms with E-state index in [0.29, 0.717) is 0 Å². The summed E-state index contributed by atoms with van der Waals surface area (Å²) in [5, 5.41) is 3.40. The Labute approximate surface area is 124 Å². The third-order valence-corrected chi connectivity index (χ3v) is 4.08. The van der Waals surface area contributed by atoms with Gasteiger partial charge in [0.15, 0.2) is 0 Å². The second kappa shape index (κ2) is 8.28. The normalized spacial score (nSPS) is 16.3. The average Bonchev–Trinajstić information content (AvgIpc) is 2.50. The number of benzene rings is 1. The van der Waals surface area contributed by atoms with Crippen molar-refractivity contribution in [1.82, 2.24) is 10.2 Å². The zero-order chi connectivity index (χ0) is 14.2. The Bertz CT molecular complexity index is 368. The molecule has 1 aromatic carbocycles. The summed E-state index contributed by atoms with van der Waals surface area (Å²) in [5.74, 6) is 0. The van der Waals surface area contributed by atoms with Crippen molar-refractivity contribution in [2.24, 2.45) is 0 Å². The van der Waals surface area contributed by atoms with Crippen LogP contribution >= 0.6 is 0 Å². The lowest BCUT2D eigenvalue weighted by atomic mass is 10.1. The highest BCUT2D eigenvalue weighted by Crippen LogP contribution is 2.17. The molecule has 1 saturated heterocycles. The van der Waals surface area contributed by atoms with Gasteiger partial charge < -0.3 is 10.2 Å². The highest BCUT2D eigenvalue weighted by atomic mass is 15.2. The number of rotatable bonds is 7. The predicted molar refractivity (Wildman–Crippen MR) is 87.4 cm³/mol. The summed E-state index contributed by atoms with van der Waals surface area (Å²) in [6, 6.07) is 9.17. The standard InChI is InChI=1S/C17H29N3/c1-3-5-12-20(4-2)17-8-6-16(7-9-17)15-19-13-10-18-11-14-19/h6-9,18H,3-5,10-15H2,1-2H3. The molecule has 1 fully saturated rings. The summed E-state index contributed by atoms with van der Waals surface area (Å²) in [6.45, 7) is 12.4. The molecule has 1 aromatic rings. The van der Waals surface area contributed by atoms with Crippen molar-refractivity contribution in [3.63, 3.8) is 0 Å². The van der Waals surface area contributed by atoms with E-state index >= 15 is 0 Å². The van der Waals surface area contributed by atoms with Gasteiger partial charge in [0.1, 0.15) is 0 Å². The lowest BCUT2D eigenvalue weighted by molar-refractivity contribution is 0.233. The molecule has 0 bridgehead atoms. The van der Waals surface area contributed by atoms with Gasteiger partial charge in [-0.2, -0.15) is 0 Å². The Kier molecular flexibility index (Phi) is 6.34. The molecule has 112 valence electrons. The molecular weight excluding hydrogens is 246 g/mol. The van der Waals surface area contributed by atoms with Gasteiger partial charge >= 0.3 is 0 Å². The molecule has 0 atom stereocenters. The minimum absolute atomic E-state index is 1.09. The highest BCUT2D eigenvalue weighted by molar-refractivity contribution is 5.47. The monoisotopic (exact) mass is 275 g/mol. The van der Waals surface area contributed by atoms with Gasteiger partial charge in [-0.05, 0) is 31.0 Å². The molecule has 0 saturated carbocycles. The summed E-state index contributed by atoms with van der Waals surface area (Å²) in [4.78, 5) is 5.00. The minimum atomic E-state index is 1.09. The summed E-state index contributed by atoms with van der Waals surface area (Å²) in [7, 11) is 0. The zero-order valence-electron chi connectivity index (χ0n) is 13.1. The fraction of sp³-hybridized carbons (Fsp3) is 0.647. The Balaban J connectivity index is 1.90. The molecule has 0 aliphatic carbocycles. The molecule has 1 aliphatic rings. The molecule has 3 nitrogen and oxygen atoms in total. The van der Waals surface area contributed by atoms with Gasteiger partial charge in [0.25, 0.3) is 0 Å². The van der Waals surface area contributed by atoms with Gasteiger partial charge in [-0.1, -0.05) is 25.5 Å². The first kappa shape index (κ1) is 15.3. The first-order valence-corrected chi connectivity index (χ1v) is 8.10. The average molecular weight is 275 g/mol. The smallest absolute Gasteiger partial charge is 0.0366 e. The second-order valence-corrected chi connectivity index (χ2v) is 5.63. The first-order chi connectivity index (χ1) is 9.83. The maximum atomic E-state index is 3.40. The summed E-state index contributed by atoms with van der Waals surface area (Å²) in [5.41, 5.74) is 2.80. The molecule has 2 rings (SSSR count). The molecule has 20 heavy (non-hydrogen) atoms. The van der Waals surface area contributed by atoms with Gasteiger partial charge in [0.05, 0.1) is 0 Å². The van der Waals surface area contributed by atoms with Crippen LogP contribution < -0.4 is 10.2 Å². The van der Waals surface area contributed by atoms with Crippen LogP contribution in [0, 0.1) is 0 Å². The number of piperazine rings is 1. The van der Waals surface area contributed by atoms with Crippen LogP contribution in [0.4, 0.5) is 5.69 Å². The van der Waals surface area contributed by atoms with Gasteiger partial charge in [-0.15, -0.1) is 0 Å². The number of nitrogens with zero attached hydrogens (tertiary/aromatic N) is 2. The van der Waals surface area contributed by atoms with Crippen molar-refractivity contribution >= 4 is 5.69 Å². The number of nitrogens with one attached hydrogen (secondary N) is 1.